The van der Waals surface area contributed by atoms with E-state index in [9.17, 15) is 0 Å². The average molecular weight is 308 g/mol. The first kappa shape index (κ1) is 12.7. The molecule has 1 aliphatic carbocycles. The van der Waals surface area contributed by atoms with E-state index in [1.54, 1.807) is 11.1 Å². The van der Waals surface area contributed by atoms with Gasteiger partial charge in [0.25, 0.3) is 0 Å². The van der Waals surface area contributed by atoms with E-state index in [2.05, 4.69) is 46.0 Å². The van der Waals surface area contributed by atoms with Gasteiger partial charge in [-0.1, -0.05) is 28.9 Å². The maximum absolute atomic E-state index is 3.60. The molecule has 0 aromatic heterocycles. The summed E-state index contributed by atoms with van der Waals surface area (Å²) >= 11 is 3.60. The molecule has 98 valence electrons. The molecule has 3 rings (SSSR count). The maximum atomic E-state index is 3.60. The number of likely N-dealkylation sites (tertiary alicyclic amines) is 1. The van der Waals surface area contributed by atoms with Gasteiger partial charge in [-0.05, 0) is 80.4 Å². The molecule has 0 saturated carbocycles. The van der Waals surface area contributed by atoms with Crippen LogP contribution in [0.5, 0.6) is 0 Å². The van der Waals surface area contributed by atoms with Crippen molar-refractivity contribution in [2.24, 2.45) is 0 Å². The lowest BCUT2D eigenvalue weighted by Gasteiger charge is -2.40. The summed E-state index contributed by atoms with van der Waals surface area (Å²) in [5.74, 6) is 0. The number of aryl methyl sites for hydroxylation is 1. The van der Waals surface area contributed by atoms with E-state index in [1.165, 1.54) is 56.2 Å². The molecule has 0 atom stereocenters. The molecule has 18 heavy (non-hydrogen) atoms. The van der Waals surface area contributed by atoms with E-state index in [1.807, 2.05) is 0 Å². The molecule has 2 aliphatic rings. The van der Waals surface area contributed by atoms with Crippen LogP contribution in [0.3, 0.4) is 0 Å². The van der Waals surface area contributed by atoms with Crippen molar-refractivity contribution < 1.29 is 0 Å². The highest BCUT2D eigenvalue weighted by Crippen LogP contribution is 2.46. The predicted molar refractivity (Wildman–Crippen MR) is 80.1 cm³/mol. The van der Waals surface area contributed by atoms with Gasteiger partial charge in [-0.3, -0.25) is 0 Å². The Morgan fingerprint density at radius 1 is 1.22 bits per heavy atom. The average Bonchev–Trinajstić information content (AvgIpc) is 2.71. The van der Waals surface area contributed by atoms with Gasteiger partial charge in [-0.2, -0.15) is 0 Å². The van der Waals surface area contributed by atoms with Crippen LogP contribution < -0.4 is 0 Å². The summed E-state index contributed by atoms with van der Waals surface area (Å²) in [5.41, 5.74) is 3.76. The van der Waals surface area contributed by atoms with Gasteiger partial charge in [0.1, 0.15) is 0 Å². The molecule has 0 unspecified atom stereocenters. The Hall–Kier alpha value is -0.340. The van der Waals surface area contributed by atoms with Crippen LogP contribution in [0.25, 0.3) is 0 Å². The minimum Gasteiger partial charge on any atom is -0.303 e. The standard InChI is InChI=1S/C16H22BrN/c1-2-9-18-10-7-16(8-11-18)6-5-13-12-14(17)3-4-15(13)16/h3-4,12H,2,5-11H2,1H3. The predicted octanol–water partition coefficient (Wildman–Crippen LogP) is 4.14. The van der Waals surface area contributed by atoms with E-state index < -0.39 is 0 Å². The molecule has 1 fully saturated rings. The number of halogens is 1. The minimum atomic E-state index is 0.514. The van der Waals surface area contributed by atoms with Crippen LogP contribution in [-0.4, -0.2) is 24.5 Å². The lowest BCUT2D eigenvalue weighted by atomic mass is 9.74. The normalized spacial score (nSPS) is 22.3. The van der Waals surface area contributed by atoms with Gasteiger partial charge in [0.2, 0.25) is 0 Å². The van der Waals surface area contributed by atoms with Crippen LogP contribution >= 0.6 is 15.9 Å². The number of benzene rings is 1. The zero-order valence-electron chi connectivity index (χ0n) is 11.2. The molecule has 0 N–H and O–H groups in total. The zero-order chi connectivity index (χ0) is 12.6. The van der Waals surface area contributed by atoms with Crippen molar-refractivity contribution in [2.45, 2.75) is 44.4 Å². The highest BCUT2D eigenvalue weighted by Gasteiger charge is 2.40. The molecular weight excluding hydrogens is 286 g/mol. The topological polar surface area (TPSA) is 3.24 Å². The minimum absolute atomic E-state index is 0.514. The Balaban J connectivity index is 1.80. The molecule has 0 radical (unpaired) electrons. The zero-order valence-corrected chi connectivity index (χ0v) is 12.8. The van der Waals surface area contributed by atoms with Crippen LogP contribution in [0.2, 0.25) is 0 Å². The summed E-state index contributed by atoms with van der Waals surface area (Å²) in [6.45, 7) is 6.16. The summed E-state index contributed by atoms with van der Waals surface area (Å²) in [5, 5.41) is 0. The molecule has 1 aromatic carbocycles. The van der Waals surface area contributed by atoms with Gasteiger partial charge < -0.3 is 4.90 Å². The second-order valence-electron chi connectivity index (χ2n) is 5.92. The smallest absolute Gasteiger partial charge is 0.0178 e. The summed E-state index contributed by atoms with van der Waals surface area (Å²) < 4.78 is 1.24. The third-order valence-corrected chi connectivity index (χ3v) is 5.36. The number of hydrogen-bond acceptors (Lipinski definition) is 1. The van der Waals surface area contributed by atoms with E-state index in [4.69, 9.17) is 0 Å². The van der Waals surface area contributed by atoms with Crippen molar-refractivity contribution in [1.29, 1.82) is 0 Å². The quantitative estimate of drug-likeness (QED) is 0.794. The van der Waals surface area contributed by atoms with Crippen LogP contribution in [0.1, 0.15) is 43.7 Å². The number of rotatable bonds is 2. The van der Waals surface area contributed by atoms with Crippen molar-refractivity contribution in [3.63, 3.8) is 0 Å². The summed E-state index contributed by atoms with van der Waals surface area (Å²) in [6, 6.07) is 6.94. The van der Waals surface area contributed by atoms with Gasteiger partial charge in [-0.25, -0.2) is 0 Å². The molecule has 0 bridgehead atoms. The van der Waals surface area contributed by atoms with Crippen molar-refractivity contribution in [1.82, 2.24) is 4.90 Å². The highest BCUT2D eigenvalue weighted by atomic mass is 79.9. The van der Waals surface area contributed by atoms with Gasteiger partial charge in [-0.15, -0.1) is 0 Å². The molecule has 1 spiro atoms. The number of piperidine rings is 1. The highest BCUT2D eigenvalue weighted by molar-refractivity contribution is 9.10. The van der Waals surface area contributed by atoms with Crippen molar-refractivity contribution in [3.05, 3.63) is 33.8 Å². The summed E-state index contributed by atoms with van der Waals surface area (Å²) in [6.07, 6.45) is 6.67. The monoisotopic (exact) mass is 307 g/mol. The van der Waals surface area contributed by atoms with E-state index in [0.717, 1.165) is 0 Å². The lowest BCUT2D eigenvalue weighted by Crippen LogP contribution is -2.41. The van der Waals surface area contributed by atoms with Gasteiger partial charge >= 0.3 is 0 Å². The molecule has 0 amide bonds. The fourth-order valence-corrected chi connectivity index (χ4v) is 4.24. The molecule has 2 heteroatoms. The van der Waals surface area contributed by atoms with Crippen LogP contribution in [0.4, 0.5) is 0 Å². The van der Waals surface area contributed by atoms with Crippen molar-refractivity contribution >= 4 is 15.9 Å². The first-order valence-corrected chi connectivity index (χ1v) is 8.04. The Morgan fingerprint density at radius 3 is 2.72 bits per heavy atom. The lowest BCUT2D eigenvalue weighted by molar-refractivity contribution is 0.159. The van der Waals surface area contributed by atoms with Gasteiger partial charge in [0, 0.05) is 4.47 Å². The number of fused-ring (bicyclic) bond motifs is 2. The SMILES string of the molecule is CCCN1CCC2(CCc3cc(Br)ccc32)CC1. The fourth-order valence-electron chi connectivity index (χ4n) is 3.84. The van der Waals surface area contributed by atoms with Crippen LogP contribution in [0.15, 0.2) is 22.7 Å². The Kier molecular flexibility index (Phi) is 3.50. The van der Waals surface area contributed by atoms with Crippen molar-refractivity contribution in [2.75, 3.05) is 19.6 Å². The Morgan fingerprint density at radius 2 is 2.00 bits per heavy atom. The Bertz CT molecular complexity index is 433. The second-order valence-corrected chi connectivity index (χ2v) is 6.84. The molecule has 1 aliphatic heterocycles. The second kappa shape index (κ2) is 4.97. The first-order chi connectivity index (χ1) is 8.73. The third kappa shape index (κ3) is 2.14. The van der Waals surface area contributed by atoms with E-state index in [-0.39, 0.29) is 0 Å². The molecular formula is C16H22BrN. The number of nitrogens with zero attached hydrogens (tertiary/aromatic N) is 1. The fraction of sp³-hybridized carbons (Fsp3) is 0.625. The summed E-state index contributed by atoms with van der Waals surface area (Å²) in [7, 11) is 0. The van der Waals surface area contributed by atoms with E-state index in [0.29, 0.717) is 5.41 Å². The third-order valence-electron chi connectivity index (χ3n) is 4.86. The van der Waals surface area contributed by atoms with E-state index >= 15 is 0 Å². The van der Waals surface area contributed by atoms with Gasteiger partial charge in [0.05, 0.1) is 0 Å². The largest absolute Gasteiger partial charge is 0.303 e. The number of hydrogen-bond donors (Lipinski definition) is 0. The van der Waals surface area contributed by atoms with Gasteiger partial charge in [0.15, 0.2) is 0 Å². The van der Waals surface area contributed by atoms with Crippen LogP contribution in [-0.2, 0) is 11.8 Å². The molecule has 1 aromatic rings. The molecule has 1 saturated heterocycles. The molecule has 1 nitrogen and oxygen atoms in total. The molecule has 1 heterocycles. The Labute approximate surface area is 119 Å². The maximum Gasteiger partial charge on any atom is 0.0178 e. The van der Waals surface area contributed by atoms with Crippen LogP contribution in [0, 0.1) is 0 Å². The first-order valence-electron chi connectivity index (χ1n) is 7.25. The van der Waals surface area contributed by atoms with Crippen molar-refractivity contribution in [3.8, 4) is 0 Å². The summed E-state index contributed by atoms with van der Waals surface area (Å²) in [4.78, 5) is 2.64.